The molecule has 6 heteroatoms. The minimum Gasteiger partial charge on any atom is -0.310 e. The van der Waals surface area contributed by atoms with Gasteiger partial charge in [0.15, 0.2) is 0 Å². The van der Waals surface area contributed by atoms with Crippen molar-refractivity contribution in [1.82, 2.24) is 4.90 Å². The molecule has 0 fully saturated rings. The normalized spacial score (nSPS) is 11.9. The van der Waals surface area contributed by atoms with Gasteiger partial charge in [0, 0.05) is 18.8 Å². The molecule has 0 aliphatic rings. The number of carbonyl (C=O) groups excluding carboxylic acids is 2. The minimum atomic E-state index is -1.24. The number of amides is 1. The monoisotopic (exact) mass is 397 g/mol. The molecule has 1 amide bonds. The number of hydrogen-bond donors (Lipinski definition) is 1. The zero-order valence-electron chi connectivity index (χ0n) is 17.2. The Morgan fingerprint density at radius 2 is 1.66 bits per heavy atom. The summed E-state index contributed by atoms with van der Waals surface area (Å²) in [5.74, 6) is -2.62. The van der Waals surface area contributed by atoms with Crippen molar-refractivity contribution < 1.29 is 14.0 Å². The summed E-state index contributed by atoms with van der Waals surface area (Å²) in [5, 5.41) is 8.48. The van der Waals surface area contributed by atoms with Crippen LogP contribution < -0.4 is 4.90 Å². The van der Waals surface area contributed by atoms with Crippen LogP contribution in [-0.4, -0.2) is 48.5 Å². The average molecular weight is 397 g/mol. The summed E-state index contributed by atoms with van der Waals surface area (Å²) in [4.78, 5) is 29.4. The molecule has 0 radical (unpaired) electrons. The van der Waals surface area contributed by atoms with Crippen LogP contribution in [0.5, 0.6) is 0 Å². The van der Waals surface area contributed by atoms with Gasteiger partial charge in [-0.25, -0.2) is 4.39 Å². The number of likely N-dealkylation sites (N-methyl/N-ethyl adjacent to an activating group) is 1. The van der Waals surface area contributed by atoms with Crippen LogP contribution in [0, 0.1) is 17.1 Å². The molecule has 0 saturated heterocycles. The molecule has 29 heavy (non-hydrogen) atoms. The van der Waals surface area contributed by atoms with Crippen LogP contribution in [0.15, 0.2) is 54.6 Å². The SMILES string of the molecule is CCN(CC)CCN(C(=O)C(C(=N)c1ccccc1)C(C)=O)c1cccc(F)c1. The second-order valence-electron chi connectivity index (χ2n) is 6.82. The van der Waals surface area contributed by atoms with E-state index in [0.29, 0.717) is 24.3 Å². The van der Waals surface area contributed by atoms with Crippen LogP contribution in [0.25, 0.3) is 0 Å². The molecule has 0 aromatic heterocycles. The fraction of sp³-hybridized carbons (Fsp3) is 0.348. The molecule has 1 N–H and O–H groups in total. The number of halogens is 1. The lowest BCUT2D eigenvalue weighted by molar-refractivity contribution is -0.128. The van der Waals surface area contributed by atoms with Gasteiger partial charge >= 0.3 is 0 Å². The standard InChI is InChI=1S/C23H28FN3O2/c1-4-26(5-2)14-15-27(20-13-9-12-19(24)16-20)23(29)21(17(3)28)22(25)18-10-7-6-8-11-18/h6-13,16,21,25H,4-5,14-15H2,1-3H3. The van der Waals surface area contributed by atoms with Gasteiger partial charge in [-0.2, -0.15) is 0 Å². The number of Topliss-reactive ketones (excluding diaryl/α,β-unsaturated/α-hetero) is 1. The van der Waals surface area contributed by atoms with Gasteiger partial charge in [-0.1, -0.05) is 50.2 Å². The maximum absolute atomic E-state index is 13.8. The van der Waals surface area contributed by atoms with Gasteiger partial charge in [-0.3, -0.25) is 9.59 Å². The highest BCUT2D eigenvalue weighted by molar-refractivity contribution is 6.27. The number of rotatable bonds is 10. The van der Waals surface area contributed by atoms with E-state index in [-0.39, 0.29) is 5.71 Å². The molecule has 0 aliphatic carbocycles. The minimum absolute atomic E-state index is 0.0488. The topological polar surface area (TPSA) is 64.5 Å². The van der Waals surface area contributed by atoms with Gasteiger partial charge in [0.2, 0.25) is 5.91 Å². The first-order chi connectivity index (χ1) is 13.9. The van der Waals surface area contributed by atoms with E-state index in [9.17, 15) is 14.0 Å². The molecule has 5 nitrogen and oxygen atoms in total. The second-order valence-corrected chi connectivity index (χ2v) is 6.82. The first-order valence-electron chi connectivity index (χ1n) is 9.82. The lowest BCUT2D eigenvalue weighted by Gasteiger charge is -2.29. The Morgan fingerprint density at radius 3 is 2.21 bits per heavy atom. The summed E-state index contributed by atoms with van der Waals surface area (Å²) < 4.78 is 13.8. The Bertz CT molecular complexity index is 850. The van der Waals surface area contributed by atoms with E-state index in [0.717, 1.165) is 13.1 Å². The Balaban J connectivity index is 2.39. The maximum Gasteiger partial charge on any atom is 0.243 e. The fourth-order valence-electron chi connectivity index (χ4n) is 3.23. The van der Waals surface area contributed by atoms with Crippen LogP contribution in [0.4, 0.5) is 10.1 Å². The third-order valence-electron chi connectivity index (χ3n) is 4.95. The van der Waals surface area contributed by atoms with Crippen LogP contribution in [0.1, 0.15) is 26.3 Å². The Labute approximate surface area is 171 Å². The van der Waals surface area contributed by atoms with Crippen LogP contribution in [-0.2, 0) is 9.59 Å². The molecule has 0 aliphatic heterocycles. The van der Waals surface area contributed by atoms with Crippen molar-refractivity contribution in [2.24, 2.45) is 5.92 Å². The van der Waals surface area contributed by atoms with Crippen molar-refractivity contribution in [1.29, 1.82) is 5.41 Å². The number of nitrogens with zero attached hydrogens (tertiary/aromatic N) is 2. The van der Waals surface area contributed by atoms with Gasteiger partial charge in [-0.15, -0.1) is 0 Å². The maximum atomic E-state index is 13.8. The molecular formula is C23H28FN3O2. The summed E-state index contributed by atoms with van der Waals surface area (Å²) in [7, 11) is 0. The van der Waals surface area contributed by atoms with E-state index in [1.54, 1.807) is 30.3 Å². The summed E-state index contributed by atoms with van der Waals surface area (Å²) >= 11 is 0. The Hall–Kier alpha value is -2.86. The lowest BCUT2D eigenvalue weighted by Crippen LogP contribution is -2.46. The van der Waals surface area contributed by atoms with Crippen molar-refractivity contribution in [2.45, 2.75) is 20.8 Å². The molecule has 2 rings (SSSR count). The number of ketones is 1. The van der Waals surface area contributed by atoms with E-state index >= 15 is 0 Å². The molecule has 2 aromatic carbocycles. The van der Waals surface area contributed by atoms with Gasteiger partial charge in [0.05, 0.1) is 5.71 Å². The van der Waals surface area contributed by atoms with E-state index in [1.165, 1.54) is 30.0 Å². The molecule has 2 aromatic rings. The first kappa shape index (κ1) is 22.4. The van der Waals surface area contributed by atoms with Gasteiger partial charge in [0.25, 0.3) is 0 Å². The third kappa shape index (κ3) is 5.81. The smallest absolute Gasteiger partial charge is 0.243 e. The largest absolute Gasteiger partial charge is 0.310 e. The third-order valence-corrected chi connectivity index (χ3v) is 4.95. The molecule has 1 atom stereocenters. The second kappa shape index (κ2) is 10.6. The molecule has 0 heterocycles. The molecule has 154 valence electrons. The van der Waals surface area contributed by atoms with Crippen molar-refractivity contribution >= 4 is 23.1 Å². The quantitative estimate of drug-likeness (QED) is 0.490. The zero-order valence-corrected chi connectivity index (χ0v) is 17.2. The van der Waals surface area contributed by atoms with Crippen molar-refractivity contribution in [2.75, 3.05) is 31.1 Å². The van der Waals surface area contributed by atoms with Crippen molar-refractivity contribution in [3.05, 3.63) is 66.0 Å². The number of hydrogen-bond acceptors (Lipinski definition) is 4. The van der Waals surface area contributed by atoms with Gasteiger partial charge in [0.1, 0.15) is 17.5 Å². The van der Waals surface area contributed by atoms with Gasteiger partial charge < -0.3 is 15.2 Å². The Kier molecular flexibility index (Phi) is 8.21. The number of benzene rings is 2. The molecule has 0 saturated carbocycles. The van der Waals surface area contributed by atoms with Crippen LogP contribution in [0.2, 0.25) is 0 Å². The average Bonchev–Trinajstić information content (AvgIpc) is 2.71. The lowest BCUT2D eigenvalue weighted by atomic mass is 9.92. The van der Waals surface area contributed by atoms with E-state index in [4.69, 9.17) is 5.41 Å². The zero-order chi connectivity index (χ0) is 21.4. The van der Waals surface area contributed by atoms with E-state index in [2.05, 4.69) is 4.90 Å². The van der Waals surface area contributed by atoms with Crippen LogP contribution in [0.3, 0.4) is 0 Å². The molecular weight excluding hydrogens is 369 g/mol. The van der Waals surface area contributed by atoms with Crippen molar-refractivity contribution in [3.63, 3.8) is 0 Å². The van der Waals surface area contributed by atoms with Crippen molar-refractivity contribution in [3.8, 4) is 0 Å². The highest BCUT2D eigenvalue weighted by Crippen LogP contribution is 2.21. The predicted molar refractivity (Wildman–Crippen MR) is 114 cm³/mol. The first-order valence-corrected chi connectivity index (χ1v) is 9.82. The number of carbonyl (C=O) groups is 2. The summed E-state index contributed by atoms with van der Waals surface area (Å²) in [5.41, 5.74) is 0.852. The molecule has 1 unspecified atom stereocenters. The number of nitrogens with one attached hydrogen (secondary N) is 1. The number of anilines is 1. The highest BCUT2D eigenvalue weighted by atomic mass is 19.1. The summed E-state index contributed by atoms with van der Waals surface area (Å²) in [6.07, 6.45) is 0. The fourth-order valence-corrected chi connectivity index (χ4v) is 3.23. The Morgan fingerprint density at radius 1 is 1.00 bits per heavy atom. The predicted octanol–water partition coefficient (Wildman–Crippen LogP) is 3.77. The highest BCUT2D eigenvalue weighted by Gasteiger charge is 2.33. The molecule has 0 spiro atoms. The van der Waals surface area contributed by atoms with Gasteiger partial charge in [-0.05, 0) is 43.8 Å². The molecule has 0 bridgehead atoms. The summed E-state index contributed by atoms with van der Waals surface area (Å²) in [6.45, 7) is 7.89. The van der Waals surface area contributed by atoms with E-state index in [1.807, 2.05) is 19.9 Å². The van der Waals surface area contributed by atoms with Crippen LogP contribution >= 0.6 is 0 Å². The van der Waals surface area contributed by atoms with E-state index < -0.39 is 23.4 Å². The summed E-state index contributed by atoms with van der Waals surface area (Å²) in [6, 6.07) is 14.5.